The molecule has 5 heteroatoms. The smallest absolute Gasteiger partial charge is 0.145 e. The number of anilines is 2. The van der Waals surface area contributed by atoms with E-state index in [4.69, 9.17) is 9.84 Å². The summed E-state index contributed by atoms with van der Waals surface area (Å²) in [5, 5.41) is 8.67. The van der Waals surface area contributed by atoms with Crippen LogP contribution in [0.5, 0.6) is 5.75 Å². The molecule has 0 atom stereocenters. The lowest BCUT2D eigenvalue weighted by Crippen LogP contribution is -2.08. The fourth-order valence-corrected chi connectivity index (χ4v) is 3.74. The van der Waals surface area contributed by atoms with E-state index in [-0.39, 0.29) is 0 Å². The summed E-state index contributed by atoms with van der Waals surface area (Å²) in [6.07, 6.45) is 3.37. The van der Waals surface area contributed by atoms with Crippen LogP contribution in [0.4, 0.5) is 11.5 Å². The summed E-state index contributed by atoms with van der Waals surface area (Å²) in [4.78, 5) is 2.11. The van der Waals surface area contributed by atoms with Crippen molar-refractivity contribution >= 4 is 11.5 Å². The standard InChI is InChI=1S/C23H28N4O/c1-4-28-21-11-6-5-10-20(21)27-23-19(9-7-8-16-24-23)22(25-27)17-12-14-18(15-13-17)26(2)3/h5-6,10-15,24H,4,7-9,16H2,1-3H3. The van der Waals surface area contributed by atoms with Crippen molar-refractivity contribution in [2.75, 3.05) is 37.5 Å². The van der Waals surface area contributed by atoms with Gasteiger partial charge >= 0.3 is 0 Å². The number of para-hydroxylation sites is 2. The molecular weight excluding hydrogens is 348 g/mol. The van der Waals surface area contributed by atoms with E-state index in [0.29, 0.717) is 6.61 Å². The van der Waals surface area contributed by atoms with Gasteiger partial charge in [0.1, 0.15) is 17.3 Å². The molecular formula is C23H28N4O. The Balaban J connectivity index is 1.85. The summed E-state index contributed by atoms with van der Waals surface area (Å²) in [5.41, 5.74) is 5.67. The van der Waals surface area contributed by atoms with E-state index in [2.05, 4.69) is 54.6 Å². The van der Waals surface area contributed by atoms with Gasteiger partial charge in [-0.3, -0.25) is 0 Å². The first-order valence-electron chi connectivity index (χ1n) is 10.0. The summed E-state index contributed by atoms with van der Waals surface area (Å²) in [7, 11) is 4.12. The molecule has 0 unspecified atom stereocenters. The maximum atomic E-state index is 5.88. The Kier molecular flexibility index (Phi) is 5.24. The molecule has 1 aromatic heterocycles. The van der Waals surface area contributed by atoms with Crippen molar-refractivity contribution in [2.45, 2.75) is 26.2 Å². The van der Waals surface area contributed by atoms with Crippen LogP contribution in [0, 0.1) is 0 Å². The molecule has 0 radical (unpaired) electrons. The first-order chi connectivity index (χ1) is 13.7. The third-order valence-electron chi connectivity index (χ3n) is 5.18. The summed E-state index contributed by atoms with van der Waals surface area (Å²) in [5.74, 6) is 1.95. The monoisotopic (exact) mass is 376 g/mol. The molecule has 5 nitrogen and oxygen atoms in total. The molecule has 2 aromatic carbocycles. The zero-order chi connectivity index (χ0) is 19.5. The van der Waals surface area contributed by atoms with E-state index < -0.39 is 0 Å². The lowest BCUT2D eigenvalue weighted by atomic mass is 10.0. The van der Waals surface area contributed by atoms with Crippen LogP contribution in [0.25, 0.3) is 16.9 Å². The lowest BCUT2D eigenvalue weighted by Gasteiger charge is -2.13. The molecule has 146 valence electrons. The second-order valence-corrected chi connectivity index (χ2v) is 7.31. The molecule has 0 bridgehead atoms. The van der Waals surface area contributed by atoms with E-state index in [9.17, 15) is 0 Å². The zero-order valence-electron chi connectivity index (χ0n) is 16.9. The van der Waals surface area contributed by atoms with E-state index in [1.54, 1.807) is 0 Å². The summed E-state index contributed by atoms with van der Waals surface area (Å²) >= 11 is 0. The molecule has 0 amide bonds. The third kappa shape index (κ3) is 3.44. The molecule has 0 spiro atoms. The van der Waals surface area contributed by atoms with Crippen LogP contribution in [-0.2, 0) is 6.42 Å². The highest BCUT2D eigenvalue weighted by molar-refractivity contribution is 5.73. The van der Waals surface area contributed by atoms with Gasteiger partial charge in [-0.1, -0.05) is 24.3 Å². The van der Waals surface area contributed by atoms with Crippen LogP contribution in [0.15, 0.2) is 48.5 Å². The summed E-state index contributed by atoms with van der Waals surface area (Å²) in [6.45, 7) is 3.61. The Labute approximate surface area is 166 Å². The predicted molar refractivity (Wildman–Crippen MR) is 116 cm³/mol. The molecule has 3 aromatic rings. The topological polar surface area (TPSA) is 42.3 Å². The number of ether oxygens (including phenoxy) is 1. The average Bonchev–Trinajstić information content (AvgIpc) is 2.89. The van der Waals surface area contributed by atoms with Gasteiger partial charge < -0.3 is 15.0 Å². The second kappa shape index (κ2) is 7.97. The highest BCUT2D eigenvalue weighted by Gasteiger charge is 2.23. The van der Waals surface area contributed by atoms with Crippen molar-refractivity contribution in [3.63, 3.8) is 0 Å². The number of hydrogen-bond donors (Lipinski definition) is 1. The molecule has 28 heavy (non-hydrogen) atoms. The number of aromatic nitrogens is 2. The number of nitrogens with zero attached hydrogens (tertiary/aromatic N) is 3. The molecule has 0 saturated carbocycles. The maximum absolute atomic E-state index is 5.88. The van der Waals surface area contributed by atoms with E-state index in [0.717, 1.165) is 41.5 Å². The van der Waals surface area contributed by atoms with Gasteiger partial charge in [0.25, 0.3) is 0 Å². The van der Waals surface area contributed by atoms with Crippen molar-refractivity contribution in [3.05, 3.63) is 54.1 Å². The molecule has 1 aliphatic heterocycles. The average molecular weight is 377 g/mol. The van der Waals surface area contributed by atoms with Crippen LogP contribution < -0.4 is 15.0 Å². The van der Waals surface area contributed by atoms with Crippen LogP contribution in [-0.4, -0.2) is 37.0 Å². The Bertz CT molecular complexity index is 944. The molecule has 0 saturated heterocycles. The van der Waals surface area contributed by atoms with E-state index in [1.165, 1.54) is 24.1 Å². The fraction of sp³-hybridized carbons (Fsp3) is 0.348. The summed E-state index contributed by atoms with van der Waals surface area (Å²) < 4.78 is 7.91. The van der Waals surface area contributed by atoms with Crippen molar-refractivity contribution in [1.82, 2.24) is 9.78 Å². The Morgan fingerprint density at radius 2 is 1.86 bits per heavy atom. The molecule has 0 aliphatic carbocycles. The van der Waals surface area contributed by atoms with Gasteiger partial charge in [-0.05, 0) is 50.5 Å². The molecule has 2 heterocycles. The number of fused-ring (bicyclic) bond motifs is 1. The minimum atomic E-state index is 0.632. The Morgan fingerprint density at radius 3 is 2.61 bits per heavy atom. The van der Waals surface area contributed by atoms with Gasteiger partial charge in [0.05, 0.1) is 12.3 Å². The molecule has 1 aliphatic rings. The first kappa shape index (κ1) is 18.4. The highest BCUT2D eigenvalue weighted by Crippen LogP contribution is 2.36. The van der Waals surface area contributed by atoms with Crippen LogP contribution >= 0.6 is 0 Å². The molecule has 0 fully saturated rings. The third-order valence-corrected chi connectivity index (χ3v) is 5.18. The van der Waals surface area contributed by atoms with Crippen LogP contribution in [0.3, 0.4) is 0 Å². The lowest BCUT2D eigenvalue weighted by molar-refractivity contribution is 0.338. The van der Waals surface area contributed by atoms with Crippen molar-refractivity contribution in [3.8, 4) is 22.7 Å². The largest absolute Gasteiger partial charge is 0.492 e. The minimum Gasteiger partial charge on any atom is -0.492 e. The van der Waals surface area contributed by atoms with Crippen LogP contribution in [0.2, 0.25) is 0 Å². The Hall–Kier alpha value is -2.95. The number of nitrogens with one attached hydrogen (secondary N) is 1. The first-order valence-corrected chi connectivity index (χ1v) is 10.0. The predicted octanol–water partition coefficient (Wildman–Crippen LogP) is 4.75. The maximum Gasteiger partial charge on any atom is 0.145 e. The van der Waals surface area contributed by atoms with E-state index >= 15 is 0 Å². The van der Waals surface area contributed by atoms with Gasteiger partial charge in [-0.15, -0.1) is 0 Å². The highest BCUT2D eigenvalue weighted by atomic mass is 16.5. The molecule has 4 rings (SSSR count). The van der Waals surface area contributed by atoms with Crippen molar-refractivity contribution in [1.29, 1.82) is 0 Å². The number of benzene rings is 2. The minimum absolute atomic E-state index is 0.632. The van der Waals surface area contributed by atoms with Crippen molar-refractivity contribution < 1.29 is 4.74 Å². The van der Waals surface area contributed by atoms with Gasteiger partial charge in [0.15, 0.2) is 0 Å². The zero-order valence-corrected chi connectivity index (χ0v) is 16.9. The summed E-state index contributed by atoms with van der Waals surface area (Å²) in [6, 6.07) is 16.8. The Morgan fingerprint density at radius 1 is 1.07 bits per heavy atom. The van der Waals surface area contributed by atoms with Gasteiger partial charge in [-0.25, -0.2) is 4.68 Å². The van der Waals surface area contributed by atoms with Gasteiger partial charge in [0, 0.05) is 37.5 Å². The van der Waals surface area contributed by atoms with Crippen molar-refractivity contribution in [2.24, 2.45) is 0 Å². The quantitative estimate of drug-likeness (QED) is 0.698. The van der Waals surface area contributed by atoms with Gasteiger partial charge in [0.2, 0.25) is 0 Å². The second-order valence-electron chi connectivity index (χ2n) is 7.31. The number of hydrogen-bond acceptors (Lipinski definition) is 4. The fourth-order valence-electron chi connectivity index (χ4n) is 3.74. The van der Waals surface area contributed by atoms with Gasteiger partial charge in [-0.2, -0.15) is 5.10 Å². The SMILES string of the molecule is CCOc1ccccc1-n1nc(-c2ccc(N(C)C)cc2)c2c1NCCCC2. The van der Waals surface area contributed by atoms with E-state index in [1.807, 2.05) is 29.8 Å². The number of rotatable bonds is 5. The normalized spacial score (nSPS) is 13.4. The molecule has 1 N–H and O–H groups in total. The van der Waals surface area contributed by atoms with Crippen LogP contribution in [0.1, 0.15) is 25.3 Å².